The Morgan fingerprint density at radius 3 is 2.79 bits per heavy atom. The lowest BCUT2D eigenvalue weighted by atomic mass is 10.1. The Kier molecular flexibility index (Phi) is 4.10. The Balaban J connectivity index is 1.69. The fourth-order valence-corrected chi connectivity index (χ4v) is 2.78. The predicted molar refractivity (Wildman–Crippen MR) is 86.0 cm³/mol. The standard InChI is InChI=1S/C15H16N4O4S/c1-9(14-18-19-15(23-14)24(2,21)22)17-13(20)7-10-8-16-12-6-4-3-5-11(10)12/h3-6,8-9,16H,7H2,1-2H3,(H,17,20)/t9-/m0/s1. The van der Waals surface area contributed by atoms with Crippen molar-refractivity contribution in [3.63, 3.8) is 0 Å². The van der Waals surface area contributed by atoms with Gasteiger partial charge in [0.15, 0.2) is 0 Å². The van der Waals surface area contributed by atoms with E-state index in [0.717, 1.165) is 22.7 Å². The minimum Gasteiger partial charge on any atom is -0.410 e. The summed E-state index contributed by atoms with van der Waals surface area (Å²) < 4.78 is 27.8. The monoisotopic (exact) mass is 348 g/mol. The zero-order valence-electron chi connectivity index (χ0n) is 13.1. The lowest BCUT2D eigenvalue weighted by Gasteiger charge is -2.09. The maximum Gasteiger partial charge on any atom is 0.335 e. The second-order valence-corrected chi connectivity index (χ2v) is 7.40. The number of carbonyl (C=O) groups excluding carboxylic acids is 1. The number of carbonyl (C=O) groups is 1. The van der Waals surface area contributed by atoms with Crippen molar-refractivity contribution < 1.29 is 17.6 Å². The summed E-state index contributed by atoms with van der Waals surface area (Å²) in [5, 5.41) is 10.4. The molecule has 0 saturated carbocycles. The minimum absolute atomic E-state index is 0.0442. The molecule has 2 heterocycles. The van der Waals surface area contributed by atoms with Crippen molar-refractivity contribution in [3.8, 4) is 0 Å². The average molecular weight is 348 g/mol. The van der Waals surface area contributed by atoms with Gasteiger partial charge in [-0.25, -0.2) is 8.42 Å². The minimum atomic E-state index is -3.57. The SMILES string of the molecule is C[C@H](NC(=O)Cc1c[nH]c2ccccc12)c1nnc(S(C)(=O)=O)o1. The molecule has 126 valence electrons. The van der Waals surface area contributed by atoms with Crippen LogP contribution in [0.4, 0.5) is 0 Å². The van der Waals surface area contributed by atoms with Crippen molar-refractivity contribution in [2.24, 2.45) is 0 Å². The van der Waals surface area contributed by atoms with Gasteiger partial charge < -0.3 is 14.7 Å². The second kappa shape index (κ2) is 6.08. The first-order chi connectivity index (χ1) is 11.3. The number of nitrogens with one attached hydrogen (secondary N) is 2. The topological polar surface area (TPSA) is 118 Å². The number of rotatable bonds is 5. The molecule has 0 bridgehead atoms. The van der Waals surface area contributed by atoms with E-state index in [1.54, 1.807) is 13.1 Å². The summed E-state index contributed by atoms with van der Waals surface area (Å²) in [7, 11) is -3.57. The van der Waals surface area contributed by atoms with Crippen molar-refractivity contribution in [2.45, 2.75) is 24.6 Å². The van der Waals surface area contributed by atoms with E-state index in [1.807, 2.05) is 24.3 Å². The van der Waals surface area contributed by atoms with Crippen LogP contribution < -0.4 is 5.32 Å². The highest BCUT2D eigenvalue weighted by atomic mass is 32.2. The van der Waals surface area contributed by atoms with Gasteiger partial charge in [-0.3, -0.25) is 4.79 Å². The lowest BCUT2D eigenvalue weighted by Crippen LogP contribution is -2.28. The van der Waals surface area contributed by atoms with E-state index >= 15 is 0 Å². The number of benzene rings is 1. The van der Waals surface area contributed by atoms with Crippen molar-refractivity contribution in [2.75, 3.05) is 6.26 Å². The number of hydrogen-bond donors (Lipinski definition) is 2. The normalized spacial score (nSPS) is 13.1. The van der Waals surface area contributed by atoms with E-state index in [1.165, 1.54) is 0 Å². The van der Waals surface area contributed by atoms with E-state index < -0.39 is 21.1 Å². The third-order valence-electron chi connectivity index (χ3n) is 3.51. The Bertz CT molecular complexity index is 990. The molecule has 24 heavy (non-hydrogen) atoms. The molecule has 1 atom stereocenters. The first-order valence-electron chi connectivity index (χ1n) is 7.22. The number of nitrogens with zero attached hydrogens (tertiary/aromatic N) is 2. The molecule has 0 aliphatic rings. The molecule has 3 rings (SSSR count). The highest BCUT2D eigenvalue weighted by molar-refractivity contribution is 7.90. The van der Waals surface area contributed by atoms with Gasteiger partial charge >= 0.3 is 5.22 Å². The smallest absolute Gasteiger partial charge is 0.335 e. The van der Waals surface area contributed by atoms with Gasteiger partial charge in [0.1, 0.15) is 6.04 Å². The van der Waals surface area contributed by atoms with E-state index in [-0.39, 0.29) is 18.2 Å². The Morgan fingerprint density at radius 2 is 2.08 bits per heavy atom. The fourth-order valence-electron chi connectivity index (χ4n) is 2.35. The molecule has 0 saturated heterocycles. The van der Waals surface area contributed by atoms with Crippen LogP contribution in [0.2, 0.25) is 0 Å². The van der Waals surface area contributed by atoms with Gasteiger partial charge in [-0.2, -0.15) is 0 Å². The van der Waals surface area contributed by atoms with E-state index in [4.69, 9.17) is 4.42 Å². The van der Waals surface area contributed by atoms with Crippen LogP contribution in [0.5, 0.6) is 0 Å². The molecule has 3 aromatic rings. The zero-order valence-corrected chi connectivity index (χ0v) is 13.9. The van der Waals surface area contributed by atoms with Crippen LogP contribution in [-0.4, -0.2) is 35.8 Å². The van der Waals surface area contributed by atoms with Crippen LogP contribution in [0.3, 0.4) is 0 Å². The Hall–Kier alpha value is -2.68. The number of sulfone groups is 1. The summed E-state index contributed by atoms with van der Waals surface area (Å²) in [5.41, 5.74) is 1.83. The third-order valence-corrected chi connectivity index (χ3v) is 4.31. The molecule has 0 aliphatic heterocycles. The molecule has 9 heteroatoms. The lowest BCUT2D eigenvalue weighted by molar-refractivity contribution is -0.121. The summed E-state index contributed by atoms with van der Waals surface area (Å²) in [4.78, 5) is 15.3. The number of hydrogen-bond acceptors (Lipinski definition) is 6. The van der Waals surface area contributed by atoms with Gasteiger partial charge in [0.25, 0.3) is 0 Å². The molecule has 1 amide bonds. The Morgan fingerprint density at radius 1 is 1.33 bits per heavy atom. The first kappa shape index (κ1) is 16.2. The number of H-pyrrole nitrogens is 1. The number of fused-ring (bicyclic) bond motifs is 1. The van der Waals surface area contributed by atoms with Gasteiger partial charge in [-0.15, -0.1) is 5.10 Å². The molecule has 0 radical (unpaired) electrons. The summed E-state index contributed by atoms with van der Waals surface area (Å²) >= 11 is 0. The average Bonchev–Trinajstić information content (AvgIpc) is 3.14. The maximum absolute atomic E-state index is 12.2. The van der Waals surface area contributed by atoms with Crippen LogP contribution in [-0.2, 0) is 21.1 Å². The largest absolute Gasteiger partial charge is 0.410 e. The second-order valence-electron chi connectivity index (χ2n) is 5.50. The van der Waals surface area contributed by atoms with Crippen molar-refractivity contribution in [1.82, 2.24) is 20.5 Å². The van der Waals surface area contributed by atoms with E-state index in [0.29, 0.717) is 0 Å². The Labute approximate surface area is 138 Å². The van der Waals surface area contributed by atoms with Crippen LogP contribution in [0.15, 0.2) is 40.1 Å². The summed E-state index contributed by atoms with van der Waals surface area (Å²) in [6, 6.07) is 7.11. The van der Waals surface area contributed by atoms with E-state index in [2.05, 4.69) is 20.5 Å². The van der Waals surface area contributed by atoms with Crippen LogP contribution >= 0.6 is 0 Å². The highest BCUT2D eigenvalue weighted by Gasteiger charge is 2.21. The van der Waals surface area contributed by atoms with Gasteiger partial charge in [-0.05, 0) is 18.6 Å². The van der Waals surface area contributed by atoms with Crippen molar-refractivity contribution in [3.05, 3.63) is 41.9 Å². The summed E-state index contributed by atoms with van der Waals surface area (Å²) in [6.45, 7) is 1.65. The van der Waals surface area contributed by atoms with Crippen LogP contribution in [0.1, 0.15) is 24.4 Å². The predicted octanol–water partition coefficient (Wildman–Crippen LogP) is 1.37. The van der Waals surface area contributed by atoms with E-state index in [9.17, 15) is 13.2 Å². The molecular formula is C15H16N4O4S. The van der Waals surface area contributed by atoms with Gasteiger partial charge in [0.2, 0.25) is 21.6 Å². The molecule has 1 aromatic carbocycles. The fraction of sp³-hybridized carbons (Fsp3) is 0.267. The molecule has 0 unspecified atom stereocenters. The number of para-hydroxylation sites is 1. The molecule has 0 spiro atoms. The zero-order chi connectivity index (χ0) is 17.3. The van der Waals surface area contributed by atoms with Crippen molar-refractivity contribution in [1.29, 1.82) is 0 Å². The number of amides is 1. The summed E-state index contributed by atoms with van der Waals surface area (Å²) in [5.74, 6) is -0.186. The molecule has 8 nitrogen and oxygen atoms in total. The quantitative estimate of drug-likeness (QED) is 0.719. The molecule has 2 aromatic heterocycles. The van der Waals surface area contributed by atoms with Gasteiger partial charge in [-0.1, -0.05) is 23.3 Å². The number of aromatic amines is 1. The molecular weight excluding hydrogens is 332 g/mol. The first-order valence-corrected chi connectivity index (χ1v) is 9.11. The summed E-state index contributed by atoms with van der Waals surface area (Å²) in [6.07, 6.45) is 2.95. The highest BCUT2D eigenvalue weighted by Crippen LogP contribution is 2.19. The van der Waals surface area contributed by atoms with Gasteiger partial charge in [0, 0.05) is 23.4 Å². The third kappa shape index (κ3) is 3.30. The van der Waals surface area contributed by atoms with Crippen molar-refractivity contribution >= 4 is 26.6 Å². The maximum atomic E-state index is 12.2. The molecule has 2 N–H and O–H groups in total. The number of aromatic nitrogens is 3. The molecule has 0 aliphatic carbocycles. The molecule has 0 fully saturated rings. The van der Waals surface area contributed by atoms with Crippen LogP contribution in [0, 0.1) is 0 Å². The van der Waals surface area contributed by atoms with Gasteiger partial charge in [0.05, 0.1) is 6.42 Å². The van der Waals surface area contributed by atoms with Crippen LogP contribution in [0.25, 0.3) is 10.9 Å².